The van der Waals surface area contributed by atoms with Gasteiger partial charge >= 0.3 is 5.69 Å². The van der Waals surface area contributed by atoms with E-state index in [0.29, 0.717) is 17.7 Å². The van der Waals surface area contributed by atoms with Gasteiger partial charge in [-0.3, -0.25) is 10.1 Å². The number of hydrogen-bond donors (Lipinski definition) is 1. The Morgan fingerprint density at radius 3 is 2.67 bits per heavy atom. The molecule has 1 heterocycles. The molecular formula is C15H24N4O2. The lowest BCUT2D eigenvalue weighted by atomic mass is 10.2. The fourth-order valence-electron chi connectivity index (χ4n) is 2.94. The molecule has 1 aromatic rings. The molecule has 0 bridgehead atoms. The predicted octanol–water partition coefficient (Wildman–Crippen LogP) is 3.58. The maximum absolute atomic E-state index is 11.3. The molecule has 1 aromatic heterocycles. The quantitative estimate of drug-likeness (QED) is 0.614. The van der Waals surface area contributed by atoms with Crippen molar-refractivity contribution in [2.75, 3.05) is 23.3 Å². The second-order valence-corrected chi connectivity index (χ2v) is 5.45. The zero-order valence-electron chi connectivity index (χ0n) is 12.8. The van der Waals surface area contributed by atoms with Crippen LogP contribution in [0.4, 0.5) is 17.3 Å². The van der Waals surface area contributed by atoms with E-state index in [1.165, 1.54) is 12.8 Å². The lowest BCUT2D eigenvalue weighted by Gasteiger charge is -2.28. The number of hydrogen-bond acceptors (Lipinski definition) is 5. The largest absolute Gasteiger partial charge is 0.370 e. The van der Waals surface area contributed by atoms with E-state index in [9.17, 15) is 10.1 Å². The smallest absolute Gasteiger partial charge is 0.311 e. The van der Waals surface area contributed by atoms with Crippen molar-refractivity contribution in [3.8, 4) is 0 Å². The molecule has 0 atom stereocenters. The Balaban J connectivity index is 2.33. The van der Waals surface area contributed by atoms with E-state index in [4.69, 9.17) is 0 Å². The standard InChI is InChI=1S/C15H24N4O2/c1-3-11-16-14-10-9-13(19(20)21)15(17-14)18(4-2)12-7-5-6-8-12/h9-10,12H,3-8,11H2,1-2H3,(H,16,17). The molecule has 0 unspecified atom stereocenters. The second kappa shape index (κ2) is 7.24. The molecule has 0 saturated heterocycles. The molecule has 6 heteroatoms. The summed E-state index contributed by atoms with van der Waals surface area (Å²) >= 11 is 0. The third kappa shape index (κ3) is 3.62. The minimum atomic E-state index is -0.330. The topological polar surface area (TPSA) is 71.3 Å². The van der Waals surface area contributed by atoms with Crippen molar-refractivity contribution >= 4 is 17.3 Å². The van der Waals surface area contributed by atoms with Crippen molar-refractivity contribution in [3.05, 3.63) is 22.2 Å². The van der Waals surface area contributed by atoms with E-state index >= 15 is 0 Å². The van der Waals surface area contributed by atoms with Crippen molar-refractivity contribution < 1.29 is 4.92 Å². The zero-order valence-corrected chi connectivity index (χ0v) is 12.8. The first-order valence-electron chi connectivity index (χ1n) is 7.83. The molecule has 0 radical (unpaired) electrons. The molecule has 1 aliphatic rings. The van der Waals surface area contributed by atoms with Gasteiger partial charge in [0.1, 0.15) is 5.82 Å². The van der Waals surface area contributed by atoms with E-state index in [1.807, 2.05) is 6.92 Å². The number of nitrogens with one attached hydrogen (secondary N) is 1. The highest BCUT2D eigenvalue weighted by Gasteiger charge is 2.28. The van der Waals surface area contributed by atoms with Crippen molar-refractivity contribution in [3.63, 3.8) is 0 Å². The van der Waals surface area contributed by atoms with Crippen LogP contribution >= 0.6 is 0 Å². The van der Waals surface area contributed by atoms with Gasteiger partial charge in [-0.1, -0.05) is 19.8 Å². The highest BCUT2D eigenvalue weighted by Crippen LogP contribution is 2.33. The van der Waals surface area contributed by atoms with Gasteiger partial charge in [0, 0.05) is 25.2 Å². The van der Waals surface area contributed by atoms with Crippen LogP contribution in [0.25, 0.3) is 0 Å². The summed E-state index contributed by atoms with van der Waals surface area (Å²) in [6.45, 7) is 5.68. The number of aromatic nitrogens is 1. The molecule has 1 saturated carbocycles. The lowest BCUT2D eigenvalue weighted by Crippen LogP contribution is -2.34. The van der Waals surface area contributed by atoms with E-state index in [-0.39, 0.29) is 10.6 Å². The molecule has 1 aliphatic carbocycles. The van der Waals surface area contributed by atoms with E-state index in [1.54, 1.807) is 12.1 Å². The number of anilines is 2. The molecule has 6 nitrogen and oxygen atoms in total. The lowest BCUT2D eigenvalue weighted by molar-refractivity contribution is -0.384. The maximum atomic E-state index is 11.3. The molecule has 1 fully saturated rings. The first kappa shape index (κ1) is 15.5. The van der Waals surface area contributed by atoms with Crippen LogP contribution in [0.1, 0.15) is 46.0 Å². The molecule has 2 rings (SSSR count). The third-order valence-corrected chi connectivity index (χ3v) is 3.99. The maximum Gasteiger partial charge on any atom is 0.311 e. The predicted molar refractivity (Wildman–Crippen MR) is 84.9 cm³/mol. The van der Waals surface area contributed by atoms with Crippen LogP contribution in [0.2, 0.25) is 0 Å². The Hall–Kier alpha value is -1.85. The van der Waals surface area contributed by atoms with Crippen LogP contribution in [0.5, 0.6) is 0 Å². The first-order valence-corrected chi connectivity index (χ1v) is 7.83. The average Bonchev–Trinajstić information content (AvgIpc) is 3.00. The van der Waals surface area contributed by atoms with Gasteiger partial charge in [0.05, 0.1) is 4.92 Å². The minimum Gasteiger partial charge on any atom is -0.370 e. The molecule has 21 heavy (non-hydrogen) atoms. The molecule has 1 N–H and O–H groups in total. The summed E-state index contributed by atoms with van der Waals surface area (Å²) in [7, 11) is 0. The number of pyridine rings is 1. The first-order chi connectivity index (χ1) is 10.2. The van der Waals surface area contributed by atoms with Crippen molar-refractivity contribution in [2.45, 2.75) is 52.0 Å². The van der Waals surface area contributed by atoms with Crippen LogP contribution < -0.4 is 10.2 Å². The number of rotatable bonds is 7. The van der Waals surface area contributed by atoms with Gasteiger partial charge in [0.25, 0.3) is 0 Å². The Morgan fingerprint density at radius 1 is 1.38 bits per heavy atom. The Labute approximate surface area is 125 Å². The number of nitrogens with zero attached hydrogens (tertiary/aromatic N) is 3. The summed E-state index contributed by atoms with van der Waals surface area (Å²) in [5.41, 5.74) is 0.103. The van der Waals surface area contributed by atoms with Crippen molar-refractivity contribution in [2.24, 2.45) is 0 Å². The Morgan fingerprint density at radius 2 is 2.10 bits per heavy atom. The van der Waals surface area contributed by atoms with E-state index < -0.39 is 0 Å². The average molecular weight is 292 g/mol. The summed E-state index contributed by atoms with van der Waals surface area (Å²) in [5, 5.41) is 14.5. The Bertz CT molecular complexity index is 487. The fourth-order valence-corrected chi connectivity index (χ4v) is 2.94. The van der Waals surface area contributed by atoms with Gasteiger partial charge < -0.3 is 10.2 Å². The normalized spacial score (nSPS) is 15.1. The SMILES string of the molecule is CCCNc1ccc([N+](=O)[O-])c(N(CC)C2CCCC2)n1. The Kier molecular flexibility index (Phi) is 5.36. The van der Waals surface area contributed by atoms with Gasteiger partial charge in [-0.25, -0.2) is 4.98 Å². The molecular weight excluding hydrogens is 268 g/mol. The number of nitro groups is 1. The van der Waals surface area contributed by atoms with Crippen LogP contribution in [-0.2, 0) is 0 Å². The fraction of sp³-hybridized carbons (Fsp3) is 0.667. The van der Waals surface area contributed by atoms with Gasteiger partial charge in [-0.2, -0.15) is 0 Å². The molecule has 0 amide bonds. The summed E-state index contributed by atoms with van der Waals surface area (Å²) in [4.78, 5) is 17.6. The molecule has 0 aliphatic heterocycles. The van der Waals surface area contributed by atoms with E-state index in [0.717, 1.165) is 32.4 Å². The minimum absolute atomic E-state index is 0.103. The van der Waals surface area contributed by atoms with Gasteiger partial charge in [-0.05, 0) is 32.3 Å². The van der Waals surface area contributed by atoms with Gasteiger partial charge in [0.2, 0.25) is 5.82 Å². The monoisotopic (exact) mass is 292 g/mol. The summed E-state index contributed by atoms with van der Waals surface area (Å²) in [6.07, 6.45) is 5.58. The van der Waals surface area contributed by atoms with E-state index in [2.05, 4.69) is 22.1 Å². The van der Waals surface area contributed by atoms with Crippen LogP contribution in [-0.4, -0.2) is 29.0 Å². The van der Waals surface area contributed by atoms with Crippen LogP contribution in [0.3, 0.4) is 0 Å². The molecule has 116 valence electrons. The highest BCUT2D eigenvalue weighted by atomic mass is 16.6. The molecule has 0 aromatic carbocycles. The summed E-state index contributed by atoms with van der Waals surface area (Å²) in [5.74, 6) is 1.23. The summed E-state index contributed by atoms with van der Waals surface area (Å²) in [6, 6.07) is 3.64. The van der Waals surface area contributed by atoms with Crippen molar-refractivity contribution in [1.29, 1.82) is 0 Å². The third-order valence-electron chi connectivity index (χ3n) is 3.99. The molecule has 0 spiro atoms. The van der Waals surface area contributed by atoms with Gasteiger partial charge in [-0.15, -0.1) is 0 Å². The highest BCUT2D eigenvalue weighted by molar-refractivity contribution is 5.62. The van der Waals surface area contributed by atoms with Gasteiger partial charge in [0.15, 0.2) is 0 Å². The summed E-state index contributed by atoms with van der Waals surface area (Å²) < 4.78 is 0. The van der Waals surface area contributed by atoms with Crippen molar-refractivity contribution in [1.82, 2.24) is 4.98 Å². The van der Waals surface area contributed by atoms with Crippen LogP contribution in [0, 0.1) is 10.1 Å². The van der Waals surface area contributed by atoms with Crippen LogP contribution in [0.15, 0.2) is 12.1 Å². The zero-order chi connectivity index (χ0) is 15.2. The second-order valence-electron chi connectivity index (χ2n) is 5.45.